The van der Waals surface area contributed by atoms with Gasteiger partial charge in [0.1, 0.15) is 10.6 Å². The number of anilines is 1. The molecule has 3 rings (SSSR count). The molecule has 22 heavy (non-hydrogen) atoms. The van der Waals surface area contributed by atoms with Gasteiger partial charge < -0.3 is 4.74 Å². The molecule has 1 N–H and O–H groups in total. The van der Waals surface area contributed by atoms with Gasteiger partial charge in [-0.1, -0.05) is 16.7 Å². The Morgan fingerprint density at radius 3 is 2.86 bits per heavy atom. The highest BCUT2D eigenvalue weighted by Crippen LogP contribution is 2.33. The summed E-state index contributed by atoms with van der Waals surface area (Å²) >= 11 is 5.91. The molecule has 1 heterocycles. The molecule has 0 saturated heterocycles. The minimum atomic E-state index is -3.92. The number of aryl methyl sites for hydroxylation is 1. The Kier molecular flexibility index (Phi) is 3.92. The van der Waals surface area contributed by atoms with Crippen LogP contribution in [0.1, 0.15) is 12.8 Å². The second-order valence-electron chi connectivity index (χ2n) is 5.05. The van der Waals surface area contributed by atoms with Crippen LogP contribution in [0.5, 0.6) is 5.75 Å². The van der Waals surface area contributed by atoms with E-state index in [4.69, 9.17) is 16.3 Å². The third kappa shape index (κ3) is 3.47. The first-order valence-electron chi connectivity index (χ1n) is 6.63. The normalized spacial score (nSPS) is 14.8. The van der Waals surface area contributed by atoms with E-state index < -0.39 is 10.0 Å². The van der Waals surface area contributed by atoms with Crippen molar-refractivity contribution in [1.82, 2.24) is 20.2 Å². The molecule has 0 radical (unpaired) electrons. The number of rotatable bonds is 6. The Bertz CT molecular complexity index is 788. The van der Waals surface area contributed by atoms with Crippen LogP contribution in [-0.4, -0.2) is 35.2 Å². The van der Waals surface area contributed by atoms with Crippen molar-refractivity contribution in [3.63, 3.8) is 0 Å². The molecule has 8 nitrogen and oxygen atoms in total. The van der Waals surface area contributed by atoms with E-state index in [1.54, 1.807) is 12.1 Å². The van der Waals surface area contributed by atoms with Gasteiger partial charge in [0.2, 0.25) is 0 Å². The number of halogens is 1. The lowest BCUT2D eigenvalue weighted by atomic mass is 10.3. The molecule has 1 aliphatic carbocycles. The molecule has 0 amide bonds. The molecule has 10 heteroatoms. The first-order valence-corrected chi connectivity index (χ1v) is 8.49. The van der Waals surface area contributed by atoms with Crippen LogP contribution in [-0.2, 0) is 17.1 Å². The Morgan fingerprint density at radius 2 is 2.23 bits per heavy atom. The molecule has 0 spiro atoms. The van der Waals surface area contributed by atoms with Crippen molar-refractivity contribution in [2.24, 2.45) is 13.0 Å². The molecule has 1 aromatic heterocycles. The largest absolute Gasteiger partial charge is 0.492 e. The lowest BCUT2D eigenvalue weighted by Gasteiger charge is -2.12. The van der Waals surface area contributed by atoms with E-state index in [0.29, 0.717) is 17.5 Å². The lowest BCUT2D eigenvalue weighted by molar-refractivity contribution is 0.292. The number of nitrogens with zero attached hydrogens (tertiary/aromatic N) is 4. The maximum absolute atomic E-state index is 12.5. The topological polar surface area (TPSA) is 99.0 Å². The summed E-state index contributed by atoms with van der Waals surface area (Å²) in [6.07, 6.45) is 2.22. The van der Waals surface area contributed by atoms with Gasteiger partial charge in [-0.3, -0.25) is 0 Å². The molecule has 0 aliphatic heterocycles. The smallest absolute Gasteiger partial charge is 0.277 e. The fourth-order valence-electron chi connectivity index (χ4n) is 1.80. The van der Waals surface area contributed by atoms with Crippen LogP contribution in [0, 0.1) is 5.92 Å². The predicted octanol–water partition coefficient (Wildman–Crippen LogP) is 1.45. The summed E-state index contributed by atoms with van der Waals surface area (Å²) in [7, 11) is -2.38. The molecule has 0 atom stereocenters. The minimum absolute atomic E-state index is 0.0481. The SMILES string of the molecule is Cn1nnc(NS(=O)(=O)c2cc(Cl)ccc2OCC2CC2)n1. The van der Waals surface area contributed by atoms with Gasteiger partial charge in [-0.15, -0.1) is 5.10 Å². The highest BCUT2D eigenvalue weighted by molar-refractivity contribution is 7.92. The van der Waals surface area contributed by atoms with E-state index in [9.17, 15) is 8.42 Å². The Balaban J connectivity index is 1.88. The van der Waals surface area contributed by atoms with Crippen molar-refractivity contribution in [2.45, 2.75) is 17.7 Å². The lowest BCUT2D eigenvalue weighted by Crippen LogP contribution is -2.16. The summed E-state index contributed by atoms with van der Waals surface area (Å²) in [6, 6.07) is 4.47. The van der Waals surface area contributed by atoms with E-state index in [0.717, 1.165) is 17.6 Å². The average Bonchev–Trinajstić information content (AvgIpc) is 3.20. The van der Waals surface area contributed by atoms with E-state index >= 15 is 0 Å². The molecule has 118 valence electrons. The number of hydrogen-bond acceptors (Lipinski definition) is 6. The number of ether oxygens (including phenoxy) is 1. The van der Waals surface area contributed by atoms with E-state index in [1.165, 1.54) is 13.1 Å². The third-order valence-corrected chi connectivity index (χ3v) is 4.69. The van der Waals surface area contributed by atoms with Crippen LogP contribution in [0.15, 0.2) is 23.1 Å². The summed E-state index contributed by atoms with van der Waals surface area (Å²) in [4.78, 5) is 1.11. The maximum Gasteiger partial charge on any atom is 0.277 e. The molecule has 0 unspecified atom stereocenters. The Labute approximate surface area is 132 Å². The molecule has 1 saturated carbocycles. The van der Waals surface area contributed by atoms with E-state index in [1.807, 2.05) is 0 Å². The number of aromatic nitrogens is 4. The van der Waals surface area contributed by atoms with Crippen molar-refractivity contribution in [3.05, 3.63) is 23.2 Å². The summed E-state index contributed by atoms with van der Waals surface area (Å²) in [6.45, 7) is 0.494. The molecule has 0 bridgehead atoms. The summed E-state index contributed by atoms with van der Waals surface area (Å²) in [5.74, 6) is 0.643. The molecule has 2 aromatic rings. The number of benzene rings is 1. The zero-order valence-electron chi connectivity index (χ0n) is 11.7. The van der Waals surface area contributed by atoms with Gasteiger partial charge in [0.15, 0.2) is 0 Å². The molecule has 1 fully saturated rings. The van der Waals surface area contributed by atoms with Crippen molar-refractivity contribution in [1.29, 1.82) is 0 Å². The zero-order chi connectivity index (χ0) is 15.7. The van der Waals surface area contributed by atoms with Crippen LogP contribution in [0.4, 0.5) is 5.95 Å². The van der Waals surface area contributed by atoms with Crippen LogP contribution in [0.3, 0.4) is 0 Å². The number of hydrogen-bond donors (Lipinski definition) is 1. The standard InChI is InChI=1S/C12H14ClN5O3S/c1-18-15-12(14-17-18)16-22(19,20)11-6-9(13)4-5-10(11)21-7-8-2-3-8/h4-6,8H,2-3,7H2,1H3,(H,15,16). The summed E-state index contributed by atoms with van der Waals surface area (Å²) < 4.78 is 32.8. The Hall–Kier alpha value is -1.87. The third-order valence-electron chi connectivity index (χ3n) is 3.10. The van der Waals surface area contributed by atoms with Gasteiger partial charge in [-0.2, -0.15) is 4.80 Å². The van der Waals surface area contributed by atoms with Gasteiger partial charge in [0, 0.05) is 5.02 Å². The average molecular weight is 344 g/mol. The number of sulfonamides is 1. The van der Waals surface area contributed by atoms with Crippen LogP contribution < -0.4 is 9.46 Å². The number of tetrazole rings is 1. The second kappa shape index (κ2) is 5.73. The van der Waals surface area contributed by atoms with Crippen LogP contribution in [0.2, 0.25) is 5.02 Å². The fourth-order valence-corrected chi connectivity index (χ4v) is 3.15. The van der Waals surface area contributed by atoms with Gasteiger partial charge in [-0.05, 0) is 42.2 Å². The fraction of sp³-hybridized carbons (Fsp3) is 0.417. The van der Waals surface area contributed by atoms with Gasteiger partial charge in [0.05, 0.1) is 13.7 Å². The van der Waals surface area contributed by atoms with E-state index in [2.05, 4.69) is 20.1 Å². The van der Waals surface area contributed by atoms with Crippen LogP contribution in [0.25, 0.3) is 0 Å². The molecule has 1 aromatic carbocycles. The second-order valence-corrected chi connectivity index (χ2v) is 7.14. The summed E-state index contributed by atoms with van der Waals surface area (Å²) in [5, 5.41) is 11.3. The quantitative estimate of drug-likeness (QED) is 0.852. The van der Waals surface area contributed by atoms with Crippen molar-refractivity contribution >= 4 is 27.6 Å². The summed E-state index contributed by atoms with van der Waals surface area (Å²) in [5.41, 5.74) is 0. The van der Waals surface area contributed by atoms with Crippen LogP contribution >= 0.6 is 11.6 Å². The monoisotopic (exact) mass is 343 g/mol. The van der Waals surface area contributed by atoms with Crippen molar-refractivity contribution in [2.75, 3.05) is 11.3 Å². The van der Waals surface area contributed by atoms with Gasteiger partial charge in [0.25, 0.3) is 16.0 Å². The van der Waals surface area contributed by atoms with Gasteiger partial charge in [-0.25, -0.2) is 13.1 Å². The molecule has 1 aliphatic rings. The highest BCUT2D eigenvalue weighted by atomic mass is 35.5. The highest BCUT2D eigenvalue weighted by Gasteiger charge is 2.26. The zero-order valence-corrected chi connectivity index (χ0v) is 13.3. The van der Waals surface area contributed by atoms with E-state index in [-0.39, 0.29) is 16.6 Å². The molecular weight excluding hydrogens is 330 g/mol. The van der Waals surface area contributed by atoms with Gasteiger partial charge >= 0.3 is 0 Å². The first-order chi connectivity index (χ1) is 10.4. The predicted molar refractivity (Wildman–Crippen MR) is 79.3 cm³/mol. The number of nitrogens with one attached hydrogen (secondary N) is 1. The Morgan fingerprint density at radius 1 is 1.45 bits per heavy atom. The minimum Gasteiger partial charge on any atom is -0.492 e. The maximum atomic E-state index is 12.5. The van der Waals surface area contributed by atoms with Crippen molar-refractivity contribution in [3.8, 4) is 5.75 Å². The van der Waals surface area contributed by atoms with Crippen molar-refractivity contribution < 1.29 is 13.2 Å². The first kappa shape index (κ1) is 15.0. The molecular formula is C12H14ClN5O3S.